The Balaban J connectivity index is 4.37. The number of aliphatic hydroxyl groups is 1. The largest absolute Gasteiger partial charge is 0.366 e. The van der Waals surface area contributed by atoms with Crippen LogP contribution in [0.4, 0.5) is 0 Å². The van der Waals surface area contributed by atoms with Gasteiger partial charge in [-0.25, -0.2) is 0 Å². The van der Waals surface area contributed by atoms with Crippen LogP contribution in [0.1, 0.15) is 27.7 Å². The van der Waals surface area contributed by atoms with E-state index in [1.165, 1.54) is 7.11 Å². The molecule has 0 spiro atoms. The van der Waals surface area contributed by atoms with E-state index in [9.17, 15) is 5.11 Å². The van der Waals surface area contributed by atoms with Gasteiger partial charge in [0, 0.05) is 7.11 Å². The van der Waals surface area contributed by atoms with Crippen molar-refractivity contribution in [3.8, 4) is 0 Å². The van der Waals surface area contributed by atoms with E-state index in [1.54, 1.807) is 0 Å². The van der Waals surface area contributed by atoms with Gasteiger partial charge in [-0.3, -0.25) is 0 Å². The van der Waals surface area contributed by atoms with Gasteiger partial charge in [-0.15, -0.1) is 0 Å². The SMILES string of the molecule is COC(O)[C@@](C)(N)[C@H](C)C(C)C. The van der Waals surface area contributed by atoms with E-state index in [0.717, 1.165) is 0 Å². The number of hydrogen-bond donors (Lipinski definition) is 2. The molecular weight excluding hydrogens is 154 g/mol. The van der Waals surface area contributed by atoms with Gasteiger partial charge >= 0.3 is 0 Å². The fourth-order valence-electron chi connectivity index (χ4n) is 1.20. The predicted octanol–water partition coefficient (Wildman–Crippen LogP) is 0.961. The maximum Gasteiger partial charge on any atom is 0.172 e. The molecule has 0 radical (unpaired) electrons. The van der Waals surface area contributed by atoms with Gasteiger partial charge in [0.15, 0.2) is 6.29 Å². The summed E-state index contributed by atoms with van der Waals surface area (Å²) < 4.78 is 4.82. The van der Waals surface area contributed by atoms with Gasteiger partial charge in [-0.05, 0) is 18.8 Å². The number of ether oxygens (including phenoxy) is 1. The molecule has 0 saturated heterocycles. The zero-order chi connectivity index (χ0) is 9.94. The van der Waals surface area contributed by atoms with Gasteiger partial charge < -0.3 is 15.6 Å². The quantitative estimate of drug-likeness (QED) is 0.626. The van der Waals surface area contributed by atoms with E-state index in [1.807, 2.05) is 13.8 Å². The van der Waals surface area contributed by atoms with Crippen LogP contribution in [0.15, 0.2) is 0 Å². The lowest BCUT2D eigenvalue weighted by Crippen LogP contribution is -2.55. The van der Waals surface area contributed by atoms with Gasteiger partial charge in [0.1, 0.15) is 0 Å². The van der Waals surface area contributed by atoms with Gasteiger partial charge in [-0.1, -0.05) is 20.8 Å². The third kappa shape index (κ3) is 2.44. The molecule has 0 aromatic rings. The van der Waals surface area contributed by atoms with Crippen molar-refractivity contribution < 1.29 is 9.84 Å². The van der Waals surface area contributed by atoms with Crippen molar-refractivity contribution in [2.75, 3.05) is 7.11 Å². The molecule has 3 nitrogen and oxygen atoms in total. The highest BCUT2D eigenvalue weighted by atomic mass is 16.6. The van der Waals surface area contributed by atoms with Crippen molar-refractivity contribution in [1.29, 1.82) is 0 Å². The van der Waals surface area contributed by atoms with Crippen molar-refractivity contribution in [2.45, 2.75) is 39.5 Å². The predicted molar refractivity (Wildman–Crippen MR) is 49.6 cm³/mol. The van der Waals surface area contributed by atoms with E-state index in [-0.39, 0.29) is 5.92 Å². The lowest BCUT2D eigenvalue weighted by molar-refractivity contribution is -0.136. The van der Waals surface area contributed by atoms with E-state index < -0.39 is 11.8 Å². The molecule has 0 aliphatic carbocycles. The van der Waals surface area contributed by atoms with Crippen LogP contribution in [0.2, 0.25) is 0 Å². The first-order valence-corrected chi connectivity index (χ1v) is 4.33. The number of hydrogen-bond acceptors (Lipinski definition) is 3. The third-order valence-electron chi connectivity index (χ3n) is 2.74. The topological polar surface area (TPSA) is 55.5 Å². The van der Waals surface area contributed by atoms with Gasteiger partial charge in [0.25, 0.3) is 0 Å². The molecule has 0 saturated carbocycles. The Labute approximate surface area is 74.9 Å². The molecule has 0 aromatic carbocycles. The van der Waals surface area contributed by atoms with Crippen molar-refractivity contribution >= 4 is 0 Å². The van der Waals surface area contributed by atoms with E-state index >= 15 is 0 Å². The van der Waals surface area contributed by atoms with Crippen LogP contribution in [0.3, 0.4) is 0 Å². The molecule has 0 fully saturated rings. The number of aliphatic hydroxyl groups excluding tert-OH is 1. The molecule has 12 heavy (non-hydrogen) atoms. The Hall–Kier alpha value is -0.120. The first-order valence-electron chi connectivity index (χ1n) is 4.33. The molecule has 1 unspecified atom stereocenters. The second-order valence-electron chi connectivity index (χ2n) is 3.99. The van der Waals surface area contributed by atoms with E-state index in [4.69, 9.17) is 10.5 Å². The average Bonchev–Trinajstić information content (AvgIpc) is 2.01. The molecule has 0 aliphatic rings. The van der Waals surface area contributed by atoms with Gasteiger partial charge in [-0.2, -0.15) is 0 Å². The highest BCUT2D eigenvalue weighted by Gasteiger charge is 2.36. The monoisotopic (exact) mass is 175 g/mol. The summed E-state index contributed by atoms with van der Waals surface area (Å²) >= 11 is 0. The third-order valence-corrected chi connectivity index (χ3v) is 2.74. The molecule has 0 rings (SSSR count). The lowest BCUT2D eigenvalue weighted by Gasteiger charge is -2.37. The summed E-state index contributed by atoms with van der Waals surface area (Å²) in [7, 11) is 1.46. The van der Waals surface area contributed by atoms with Gasteiger partial charge in [0.2, 0.25) is 0 Å². The molecule has 0 bridgehead atoms. The molecule has 3 atom stereocenters. The van der Waals surface area contributed by atoms with E-state index in [2.05, 4.69) is 13.8 Å². The number of nitrogens with two attached hydrogens (primary N) is 1. The van der Waals surface area contributed by atoms with Crippen molar-refractivity contribution in [2.24, 2.45) is 17.6 Å². The van der Waals surface area contributed by atoms with Crippen molar-refractivity contribution in [3.63, 3.8) is 0 Å². The normalized spacial score (nSPS) is 22.0. The summed E-state index contributed by atoms with van der Waals surface area (Å²) in [4.78, 5) is 0. The Morgan fingerprint density at radius 2 is 1.75 bits per heavy atom. The fourth-order valence-corrected chi connectivity index (χ4v) is 1.20. The molecule has 0 aliphatic heterocycles. The molecule has 3 N–H and O–H groups in total. The average molecular weight is 175 g/mol. The van der Waals surface area contributed by atoms with Crippen LogP contribution < -0.4 is 5.73 Å². The minimum absolute atomic E-state index is 0.215. The van der Waals surface area contributed by atoms with Crippen LogP contribution in [0.5, 0.6) is 0 Å². The van der Waals surface area contributed by atoms with Gasteiger partial charge in [0.05, 0.1) is 5.54 Å². The summed E-state index contributed by atoms with van der Waals surface area (Å²) in [6.07, 6.45) is -0.894. The number of rotatable bonds is 4. The Kier molecular flexibility index (Phi) is 4.17. The molecule has 74 valence electrons. The highest BCUT2D eigenvalue weighted by molar-refractivity contribution is 4.88. The molecule has 0 heterocycles. The molecule has 0 amide bonds. The van der Waals surface area contributed by atoms with E-state index in [0.29, 0.717) is 5.92 Å². The Bertz CT molecular complexity index is 134. The van der Waals surface area contributed by atoms with Crippen molar-refractivity contribution in [1.82, 2.24) is 0 Å². The maximum absolute atomic E-state index is 9.46. The Morgan fingerprint density at radius 1 is 1.33 bits per heavy atom. The minimum atomic E-state index is -0.894. The summed E-state index contributed by atoms with van der Waals surface area (Å²) in [5.41, 5.74) is 5.26. The summed E-state index contributed by atoms with van der Waals surface area (Å²) in [5, 5.41) is 9.46. The van der Waals surface area contributed by atoms with Crippen LogP contribution in [-0.4, -0.2) is 24.0 Å². The molecule has 3 heteroatoms. The number of methoxy groups -OCH3 is 1. The van der Waals surface area contributed by atoms with Crippen LogP contribution in [0.25, 0.3) is 0 Å². The first-order chi connectivity index (χ1) is 5.34. The van der Waals surface area contributed by atoms with Crippen LogP contribution in [-0.2, 0) is 4.74 Å². The minimum Gasteiger partial charge on any atom is -0.366 e. The lowest BCUT2D eigenvalue weighted by atomic mass is 9.80. The summed E-state index contributed by atoms with van der Waals surface area (Å²) in [6.45, 7) is 8.00. The zero-order valence-electron chi connectivity index (χ0n) is 8.66. The smallest absolute Gasteiger partial charge is 0.172 e. The maximum atomic E-state index is 9.46. The first kappa shape index (κ1) is 11.9. The van der Waals surface area contributed by atoms with Crippen LogP contribution in [0, 0.1) is 11.8 Å². The summed E-state index contributed by atoms with van der Waals surface area (Å²) in [5.74, 6) is 0.650. The summed E-state index contributed by atoms with van der Waals surface area (Å²) in [6, 6.07) is 0. The zero-order valence-corrected chi connectivity index (χ0v) is 8.66. The Morgan fingerprint density at radius 3 is 2.00 bits per heavy atom. The second-order valence-corrected chi connectivity index (χ2v) is 3.99. The second kappa shape index (κ2) is 4.21. The van der Waals surface area contributed by atoms with Crippen molar-refractivity contribution in [3.05, 3.63) is 0 Å². The molecular formula is C9H21NO2. The standard InChI is InChI=1S/C9H21NO2/c1-6(2)7(3)9(4,10)8(11)12-5/h6-8,11H,10H2,1-5H3/t7-,8?,9+/m1/s1. The molecule has 0 aromatic heterocycles. The van der Waals surface area contributed by atoms with Crippen LogP contribution >= 0.6 is 0 Å². The fraction of sp³-hybridized carbons (Fsp3) is 1.00. The highest BCUT2D eigenvalue weighted by Crippen LogP contribution is 2.25.